The number of halogens is 1. The van der Waals surface area contributed by atoms with Crippen LogP contribution in [-0.4, -0.2) is 48.8 Å². The Bertz CT molecular complexity index is 576. The molecular formula is C17H21BrN2O2. The van der Waals surface area contributed by atoms with Gasteiger partial charge in [0.1, 0.15) is 0 Å². The highest BCUT2D eigenvalue weighted by molar-refractivity contribution is 9.10. The van der Waals surface area contributed by atoms with Crippen LogP contribution in [0, 0.1) is 5.92 Å². The molecule has 5 heteroatoms. The Morgan fingerprint density at radius 3 is 2.45 bits per heavy atom. The van der Waals surface area contributed by atoms with Crippen LogP contribution in [0.5, 0.6) is 0 Å². The van der Waals surface area contributed by atoms with Crippen molar-refractivity contribution in [1.29, 1.82) is 0 Å². The van der Waals surface area contributed by atoms with E-state index in [1.54, 1.807) is 25.1 Å². The fourth-order valence-electron chi connectivity index (χ4n) is 2.59. The van der Waals surface area contributed by atoms with Crippen LogP contribution < -0.4 is 0 Å². The van der Waals surface area contributed by atoms with Crippen molar-refractivity contribution in [3.8, 4) is 0 Å². The first-order chi connectivity index (χ1) is 10.5. The van der Waals surface area contributed by atoms with Gasteiger partial charge in [-0.2, -0.15) is 0 Å². The second kappa shape index (κ2) is 7.58. The summed E-state index contributed by atoms with van der Waals surface area (Å²) in [6.45, 7) is 1.28. The predicted molar refractivity (Wildman–Crippen MR) is 91.2 cm³/mol. The maximum atomic E-state index is 12.2. The molecule has 0 saturated carbocycles. The summed E-state index contributed by atoms with van der Waals surface area (Å²) in [5.41, 5.74) is 0.980. The Balaban J connectivity index is 1.90. The van der Waals surface area contributed by atoms with Crippen LogP contribution in [-0.2, 0) is 9.59 Å². The van der Waals surface area contributed by atoms with E-state index in [-0.39, 0.29) is 17.7 Å². The zero-order chi connectivity index (χ0) is 16.1. The maximum Gasteiger partial charge on any atom is 0.246 e. The quantitative estimate of drug-likeness (QED) is 0.773. The molecular weight excluding hydrogens is 344 g/mol. The molecule has 1 aliphatic heterocycles. The summed E-state index contributed by atoms with van der Waals surface area (Å²) in [4.78, 5) is 27.6. The molecule has 0 aliphatic carbocycles. The van der Waals surface area contributed by atoms with Crippen LogP contribution in [0.25, 0.3) is 6.08 Å². The number of nitrogens with zero attached hydrogens (tertiary/aromatic N) is 2. The van der Waals surface area contributed by atoms with Gasteiger partial charge < -0.3 is 9.80 Å². The monoisotopic (exact) mass is 364 g/mol. The number of carbonyl (C=O) groups excluding carboxylic acids is 2. The predicted octanol–water partition coefficient (Wildman–Crippen LogP) is 2.79. The van der Waals surface area contributed by atoms with Gasteiger partial charge in [-0.25, -0.2) is 0 Å². The molecule has 1 heterocycles. The van der Waals surface area contributed by atoms with Crippen molar-refractivity contribution in [2.45, 2.75) is 12.8 Å². The smallest absolute Gasteiger partial charge is 0.246 e. The zero-order valence-electron chi connectivity index (χ0n) is 13.0. The average Bonchev–Trinajstić information content (AvgIpc) is 2.53. The summed E-state index contributed by atoms with van der Waals surface area (Å²) in [5.74, 6) is 0.216. The van der Waals surface area contributed by atoms with Crippen molar-refractivity contribution in [3.05, 3.63) is 40.4 Å². The van der Waals surface area contributed by atoms with Gasteiger partial charge in [0.25, 0.3) is 0 Å². The lowest BCUT2D eigenvalue weighted by Crippen LogP contribution is -2.42. The average molecular weight is 365 g/mol. The van der Waals surface area contributed by atoms with Crippen molar-refractivity contribution >= 4 is 33.8 Å². The highest BCUT2D eigenvalue weighted by atomic mass is 79.9. The third-order valence-corrected chi connectivity index (χ3v) is 4.63. The fraction of sp³-hybridized carbons (Fsp3) is 0.412. The van der Waals surface area contributed by atoms with Crippen molar-refractivity contribution in [2.24, 2.45) is 5.92 Å². The minimum Gasteiger partial charge on any atom is -0.349 e. The number of benzene rings is 1. The number of likely N-dealkylation sites (tertiary alicyclic amines) is 1. The van der Waals surface area contributed by atoms with Gasteiger partial charge in [-0.15, -0.1) is 0 Å². The van der Waals surface area contributed by atoms with Crippen molar-refractivity contribution < 1.29 is 9.59 Å². The molecule has 1 aromatic carbocycles. The standard InChI is InChI=1S/C17H21BrN2O2/c1-19(2)17(22)14-9-11-20(12-10-14)16(21)8-7-13-5-3-4-6-15(13)18/h3-8,14H,9-12H2,1-2H3/b8-7+. The van der Waals surface area contributed by atoms with Gasteiger partial charge in [-0.3, -0.25) is 9.59 Å². The van der Waals surface area contributed by atoms with Gasteiger partial charge in [0, 0.05) is 43.7 Å². The SMILES string of the molecule is CN(C)C(=O)C1CCN(C(=O)/C=C/c2ccccc2Br)CC1. The minimum absolute atomic E-state index is 0.00602. The number of piperidine rings is 1. The molecule has 22 heavy (non-hydrogen) atoms. The molecule has 1 fully saturated rings. The molecule has 0 radical (unpaired) electrons. The van der Waals surface area contributed by atoms with E-state index in [1.807, 2.05) is 35.2 Å². The topological polar surface area (TPSA) is 40.6 Å². The first-order valence-corrected chi connectivity index (χ1v) is 8.21. The van der Waals surface area contributed by atoms with Gasteiger partial charge >= 0.3 is 0 Å². The number of carbonyl (C=O) groups is 2. The van der Waals surface area contributed by atoms with Crippen LogP contribution in [0.15, 0.2) is 34.8 Å². The molecule has 0 bridgehead atoms. The highest BCUT2D eigenvalue weighted by Gasteiger charge is 2.27. The summed E-state index contributed by atoms with van der Waals surface area (Å²) >= 11 is 3.46. The van der Waals surface area contributed by atoms with Gasteiger partial charge in [0.2, 0.25) is 11.8 Å². The van der Waals surface area contributed by atoms with Crippen molar-refractivity contribution in [3.63, 3.8) is 0 Å². The summed E-state index contributed by atoms with van der Waals surface area (Å²) in [6.07, 6.45) is 4.91. The second-order valence-corrected chi connectivity index (χ2v) is 6.54. The molecule has 0 unspecified atom stereocenters. The Morgan fingerprint density at radius 1 is 1.23 bits per heavy atom. The highest BCUT2D eigenvalue weighted by Crippen LogP contribution is 2.20. The van der Waals surface area contributed by atoms with E-state index in [4.69, 9.17) is 0 Å². The summed E-state index contributed by atoms with van der Waals surface area (Å²) in [6, 6.07) is 7.78. The second-order valence-electron chi connectivity index (χ2n) is 5.69. The molecule has 0 aromatic heterocycles. The summed E-state index contributed by atoms with van der Waals surface area (Å²) < 4.78 is 0.967. The first kappa shape index (κ1) is 16.7. The van der Waals surface area contributed by atoms with Gasteiger partial charge in [0.05, 0.1) is 0 Å². The van der Waals surface area contributed by atoms with Crippen LogP contribution in [0.1, 0.15) is 18.4 Å². The Kier molecular flexibility index (Phi) is 5.77. The number of hydrogen-bond donors (Lipinski definition) is 0. The molecule has 0 atom stereocenters. The van der Waals surface area contributed by atoms with Crippen molar-refractivity contribution in [1.82, 2.24) is 9.80 Å². The van der Waals surface area contributed by atoms with Crippen LogP contribution in [0.2, 0.25) is 0 Å². The molecule has 2 rings (SSSR count). The molecule has 2 amide bonds. The Morgan fingerprint density at radius 2 is 1.86 bits per heavy atom. The fourth-order valence-corrected chi connectivity index (χ4v) is 3.01. The number of amides is 2. The van der Waals surface area contributed by atoms with Gasteiger partial charge in [-0.1, -0.05) is 34.1 Å². The van der Waals surface area contributed by atoms with Crippen LogP contribution >= 0.6 is 15.9 Å². The van der Waals surface area contributed by atoms with E-state index in [2.05, 4.69) is 15.9 Å². The van der Waals surface area contributed by atoms with Gasteiger partial charge in [-0.05, 0) is 30.5 Å². The molecule has 118 valence electrons. The van der Waals surface area contributed by atoms with E-state index < -0.39 is 0 Å². The van der Waals surface area contributed by atoms with E-state index in [1.165, 1.54) is 0 Å². The molecule has 1 saturated heterocycles. The zero-order valence-corrected chi connectivity index (χ0v) is 14.5. The Labute approximate surface area is 139 Å². The van der Waals surface area contributed by atoms with Crippen molar-refractivity contribution in [2.75, 3.05) is 27.2 Å². The lowest BCUT2D eigenvalue weighted by atomic mass is 9.95. The van der Waals surface area contributed by atoms with E-state index in [0.717, 1.165) is 22.9 Å². The van der Waals surface area contributed by atoms with Crippen LogP contribution in [0.3, 0.4) is 0 Å². The van der Waals surface area contributed by atoms with E-state index >= 15 is 0 Å². The van der Waals surface area contributed by atoms with E-state index in [9.17, 15) is 9.59 Å². The third-order valence-electron chi connectivity index (χ3n) is 3.91. The first-order valence-electron chi connectivity index (χ1n) is 7.41. The molecule has 0 spiro atoms. The number of hydrogen-bond acceptors (Lipinski definition) is 2. The molecule has 1 aromatic rings. The molecule has 1 aliphatic rings. The maximum absolute atomic E-state index is 12.2. The number of rotatable bonds is 3. The van der Waals surface area contributed by atoms with Gasteiger partial charge in [0.15, 0.2) is 0 Å². The largest absolute Gasteiger partial charge is 0.349 e. The Hall–Kier alpha value is -1.62. The summed E-state index contributed by atoms with van der Waals surface area (Å²) in [7, 11) is 3.56. The molecule has 4 nitrogen and oxygen atoms in total. The lowest BCUT2D eigenvalue weighted by Gasteiger charge is -2.31. The molecule has 0 N–H and O–H groups in total. The van der Waals surface area contributed by atoms with E-state index in [0.29, 0.717) is 13.1 Å². The third kappa shape index (κ3) is 4.19. The normalized spacial score (nSPS) is 16.0. The lowest BCUT2D eigenvalue weighted by molar-refractivity contribution is -0.137. The summed E-state index contributed by atoms with van der Waals surface area (Å²) in [5, 5.41) is 0. The van der Waals surface area contributed by atoms with Crippen LogP contribution in [0.4, 0.5) is 0 Å². The minimum atomic E-state index is 0.00602.